The SMILES string of the molecule is CNc1ccc([N+](=O)[O-])cc1S(=O)(=O)NCC1(C)CC1. The van der Waals surface area contributed by atoms with Crippen LogP contribution in [0.5, 0.6) is 0 Å². The molecule has 0 spiro atoms. The van der Waals surface area contributed by atoms with E-state index in [0.717, 1.165) is 18.9 Å². The highest BCUT2D eigenvalue weighted by atomic mass is 32.2. The molecule has 1 aliphatic rings. The second-order valence-electron chi connectivity index (χ2n) is 5.32. The van der Waals surface area contributed by atoms with Gasteiger partial charge in [0.25, 0.3) is 5.69 Å². The van der Waals surface area contributed by atoms with E-state index in [4.69, 9.17) is 0 Å². The van der Waals surface area contributed by atoms with Gasteiger partial charge in [0.15, 0.2) is 0 Å². The van der Waals surface area contributed by atoms with Crippen molar-refractivity contribution in [3.8, 4) is 0 Å². The van der Waals surface area contributed by atoms with Crippen LogP contribution in [-0.2, 0) is 10.0 Å². The molecule has 0 bridgehead atoms. The topological polar surface area (TPSA) is 101 Å². The van der Waals surface area contributed by atoms with Crippen LogP contribution in [0.4, 0.5) is 11.4 Å². The van der Waals surface area contributed by atoms with E-state index in [9.17, 15) is 18.5 Å². The molecule has 2 rings (SSSR count). The largest absolute Gasteiger partial charge is 0.387 e. The van der Waals surface area contributed by atoms with E-state index in [2.05, 4.69) is 10.0 Å². The van der Waals surface area contributed by atoms with Crippen LogP contribution < -0.4 is 10.0 Å². The first-order valence-corrected chi connectivity index (χ1v) is 7.72. The van der Waals surface area contributed by atoms with Crippen LogP contribution in [0.1, 0.15) is 19.8 Å². The molecule has 1 saturated carbocycles. The van der Waals surface area contributed by atoms with Crippen molar-refractivity contribution in [1.29, 1.82) is 0 Å². The van der Waals surface area contributed by atoms with Gasteiger partial charge in [-0.15, -0.1) is 0 Å². The van der Waals surface area contributed by atoms with Crippen molar-refractivity contribution >= 4 is 21.4 Å². The molecule has 0 aromatic heterocycles. The summed E-state index contributed by atoms with van der Waals surface area (Å²) in [4.78, 5) is 10.1. The number of sulfonamides is 1. The molecule has 1 fully saturated rings. The second kappa shape index (κ2) is 5.02. The minimum absolute atomic E-state index is 0.0214. The zero-order chi connectivity index (χ0) is 15.0. The van der Waals surface area contributed by atoms with Gasteiger partial charge < -0.3 is 5.32 Å². The van der Waals surface area contributed by atoms with Gasteiger partial charge >= 0.3 is 0 Å². The molecule has 8 heteroatoms. The highest BCUT2D eigenvalue weighted by Crippen LogP contribution is 2.44. The Kier molecular flexibility index (Phi) is 3.70. The van der Waals surface area contributed by atoms with E-state index in [0.29, 0.717) is 12.2 Å². The quantitative estimate of drug-likeness (QED) is 0.615. The summed E-state index contributed by atoms with van der Waals surface area (Å²) >= 11 is 0. The maximum Gasteiger partial charge on any atom is 0.270 e. The summed E-state index contributed by atoms with van der Waals surface area (Å²) in [5, 5.41) is 13.5. The average molecular weight is 299 g/mol. The third-order valence-corrected chi connectivity index (χ3v) is 4.97. The minimum atomic E-state index is -3.77. The summed E-state index contributed by atoms with van der Waals surface area (Å²) in [5.41, 5.74) is 0.110. The van der Waals surface area contributed by atoms with Crippen molar-refractivity contribution in [1.82, 2.24) is 4.72 Å². The maximum absolute atomic E-state index is 12.3. The van der Waals surface area contributed by atoms with Gasteiger partial charge in [-0.3, -0.25) is 10.1 Å². The highest BCUT2D eigenvalue weighted by molar-refractivity contribution is 7.89. The lowest BCUT2D eigenvalue weighted by Crippen LogP contribution is -2.29. The molecule has 0 radical (unpaired) electrons. The van der Waals surface area contributed by atoms with E-state index in [1.165, 1.54) is 12.1 Å². The molecular weight excluding hydrogens is 282 g/mol. The Bertz CT molecular complexity index is 638. The van der Waals surface area contributed by atoms with E-state index in [-0.39, 0.29) is 16.0 Å². The molecule has 2 N–H and O–H groups in total. The van der Waals surface area contributed by atoms with E-state index in [1.807, 2.05) is 6.92 Å². The molecule has 20 heavy (non-hydrogen) atoms. The predicted molar refractivity (Wildman–Crippen MR) is 75.2 cm³/mol. The molecule has 110 valence electrons. The number of nitrogens with zero attached hydrogens (tertiary/aromatic N) is 1. The Hall–Kier alpha value is -1.67. The number of non-ortho nitro benzene ring substituents is 1. The zero-order valence-electron chi connectivity index (χ0n) is 11.3. The first-order chi connectivity index (χ1) is 9.27. The van der Waals surface area contributed by atoms with E-state index >= 15 is 0 Å². The lowest BCUT2D eigenvalue weighted by Gasteiger charge is -2.13. The highest BCUT2D eigenvalue weighted by Gasteiger charge is 2.38. The Balaban J connectivity index is 2.32. The summed E-state index contributed by atoms with van der Waals surface area (Å²) in [6, 6.07) is 3.74. The molecule has 0 atom stereocenters. The van der Waals surface area contributed by atoms with Gasteiger partial charge in [-0.2, -0.15) is 0 Å². The summed E-state index contributed by atoms with van der Waals surface area (Å²) in [5.74, 6) is 0. The fourth-order valence-corrected chi connectivity index (χ4v) is 3.22. The van der Waals surface area contributed by atoms with Crippen molar-refractivity contribution < 1.29 is 13.3 Å². The lowest BCUT2D eigenvalue weighted by molar-refractivity contribution is -0.385. The number of rotatable bonds is 6. The van der Waals surface area contributed by atoms with Gasteiger partial charge in [-0.25, -0.2) is 13.1 Å². The van der Waals surface area contributed by atoms with Crippen molar-refractivity contribution in [3.63, 3.8) is 0 Å². The monoisotopic (exact) mass is 299 g/mol. The van der Waals surface area contributed by atoms with Crippen molar-refractivity contribution in [2.75, 3.05) is 18.9 Å². The molecule has 0 unspecified atom stereocenters. The van der Waals surface area contributed by atoms with E-state index < -0.39 is 14.9 Å². The fraction of sp³-hybridized carbons (Fsp3) is 0.500. The van der Waals surface area contributed by atoms with Crippen molar-refractivity contribution in [2.24, 2.45) is 5.41 Å². The first-order valence-electron chi connectivity index (χ1n) is 6.23. The Morgan fingerprint density at radius 3 is 2.55 bits per heavy atom. The van der Waals surface area contributed by atoms with Crippen LogP contribution in [0.2, 0.25) is 0 Å². The van der Waals surface area contributed by atoms with Crippen molar-refractivity contribution in [3.05, 3.63) is 28.3 Å². The molecular formula is C12H17N3O4S. The smallest absolute Gasteiger partial charge is 0.270 e. The predicted octanol–water partition coefficient (Wildman–Crippen LogP) is 1.71. The van der Waals surface area contributed by atoms with Crippen molar-refractivity contribution in [2.45, 2.75) is 24.7 Å². The number of hydrogen-bond acceptors (Lipinski definition) is 5. The van der Waals surface area contributed by atoms with Gasteiger partial charge in [0.1, 0.15) is 4.90 Å². The number of nitro groups is 1. The Morgan fingerprint density at radius 1 is 1.40 bits per heavy atom. The van der Waals surface area contributed by atoms with Crippen LogP contribution in [0.3, 0.4) is 0 Å². The summed E-state index contributed by atoms with van der Waals surface area (Å²) in [6.45, 7) is 2.35. The van der Waals surface area contributed by atoms with Gasteiger partial charge in [-0.1, -0.05) is 6.92 Å². The zero-order valence-corrected chi connectivity index (χ0v) is 12.2. The van der Waals surface area contributed by atoms with Gasteiger partial charge in [0, 0.05) is 25.7 Å². The molecule has 1 aromatic carbocycles. The normalized spacial score (nSPS) is 16.7. The number of nitro benzene ring substituents is 1. The van der Waals surface area contributed by atoms with Gasteiger partial charge in [0.05, 0.1) is 10.6 Å². The third kappa shape index (κ3) is 3.07. The van der Waals surface area contributed by atoms with Gasteiger partial charge in [0.2, 0.25) is 10.0 Å². The molecule has 1 aromatic rings. The number of nitrogens with one attached hydrogen (secondary N) is 2. The Morgan fingerprint density at radius 2 is 2.05 bits per heavy atom. The molecule has 7 nitrogen and oxygen atoms in total. The minimum Gasteiger partial charge on any atom is -0.387 e. The van der Waals surface area contributed by atoms with Crippen LogP contribution in [0, 0.1) is 15.5 Å². The first kappa shape index (κ1) is 14.7. The number of anilines is 1. The standard InChI is InChI=1S/C12H17N3O4S/c1-12(5-6-12)8-14-20(18,19)11-7-9(15(16)17)3-4-10(11)13-2/h3-4,7,13-14H,5-6,8H2,1-2H3. The second-order valence-corrected chi connectivity index (χ2v) is 7.06. The van der Waals surface area contributed by atoms with Crippen LogP contribution in [0.15, 0.2) is 23.1 Å². The third-order valence-electron chi connectivity index (χ3n) is 3.53. The summed E-state index contributed by atoms with van der Waals surface area (Å²) < 4.78 is 27.1. The molecule has 1 aliphatic carbocycles. The Labute approximate surface area is 117 Å². The fourth-order valence-electron chi connectivity index (χ4n) is 1.79. The van der Waals surface area contributed by atoms with Crippen LogP contribution >= 0.6 is 0 Å². The number of benzene rings is 1. The molecule has 0 amide bonds. The molecule has 0 aliphatic heterocycles. The molecule has 0 saturated heterocycles. The summed E-state index contributed by atoms with van der Waals surface area (Å²) in [7, 11) is -2.20. The van der Waals surface area contributed by atoms with E-state index in [1.54, 1.807) is 7.05 Å². The maximum atomic E-state index is 12.3. The molecule has 0 heterocycles. The summed E-state index contributed by atoms with van der Waals surface area (Å²) in [6.07, 6.45) is 1.98. The lowest BCUT2D eigenvalue weighted by atomic mass is 10.2. The van der Waals surface area contributed by atoms with Crippen LogP contribution in [-0.4, -0.2) is 26.9 Å². The van der Waals surface area contributed by atoms with Gasteiger partial charge in [-0.05, 0) is 24.3 Å². The van der Waals surface area contributed by atoms with Crippen LogP contribution in [0.25, 0.3) is 0 Å². The average Bonchev–Trinajstić information content (AvgIpc) is 3.14. The number of hydrogen-bond donors (Lipinski definition) is 2.